The number of hydrogen-bond donors (Lipinski definition) is 1. The summed E-state index contributed by atoms with van der Waals surface area (Å²) in [6.45, 7) is 4.31. The number of ether oxygens (including phenoxy) is 1. The summed E-state index contributed by atoms with van der Waals surface area (Å²) in [5.74, 6) is 0. The maximum absolute atomic E-state index is 11.7. The first-order valence-electron chi connectivity index (χ1n) is 4.42. The highest BCUT2D eigenvalue weighted by Crippen LogP contribution is 2.14. The van der Waals surface area contributed by atoms with Crippen LogP contribution in [0.15, 0.2) is 12.2 Å². The molecule has 5 heteroatoms. The Hall–Kier alpha value is -0.550. The lowest BCUT2D eigenvalue weighted by atomic mass is 10.1. The molecule has 0 aromatic carbocycles. The molecule has 2 N–H and O–H groups in total. The second kappa shape index (κ2) is 6.03. The molecular formula is C9H16F3NO. The van der Waals surface area contributed by atoms with Crippen LogP contribution < -0.4 is 5.73 Å². The quantitative estimate of drug-likeness (QED) is 0.684. The summed E-state index contributed by atoms with van der Waals surface area (Å²) in [6, 6.07) is -0.398. The van der Waals surface area contributed by atoms with Crippen molar-refractivity contribution < 1.29 is 17.9 Å². The van der Waals surface area contributed by atoms with E-state index in [2.05, 4.69) is 11.3 Å². The van der Waals surface area contributed by atoms with Crippen LogP contribution in [0, 0.1) is 0 Å². The van der Waals surface area contributed by atoms with Crippen molar-refractivity contribution in [3.8, 4) is 0 Å². The molecule has 0 bridgehead atoms. The fourth-order valence-corrected chi connectivity index (χ4v) is 0.900. The summed E-state index contributed by atoms with van der Waals surface area (Å²) in [4.78, 5) is 0. The molecule has 0 saturated carbocycles. The summed E-state index contributed by atoms with van der Waals surface area (Å²) in [7, 11) is 0. The van der Waals surface area contributed by atoms with Crippen molar-refractivity contribution in [2.45, 2.75) is 32.0 Å². The van der Waals surface area contributed by atoms with Crippen molar-refractivity contribution in [3.63, 3.8) is 0 Å². The molecule has 0 spiro atoms. The fourth-order valence-electron chi connectivity index (χ4n) is 0.900. The molecule has 84 valence electrons. The van der Waals surface area contributed by atoms with E-state index in [0.29, 0.717) is 6.42 Å². The Morgan fingerprint density at radius 1 is 1.50 bits per heavy atom. The third kappa shape index (κ3) is 8.07. The van der Waals surface area contributed by atoms with E-state index >= 15 is 0 Å². The zero-order chi connectivity index (χ0) is 11.2. The summed E-state index contributed by atoms with van der Waals surface area (Å²) < 4.78 is 39.4. The van der Waals surface area contributed by atoms with Gasteiger partial charge in [0.25, 0.3) is 0 Å². The van der Waals surface area contributed by atoms with E-state index in [-0.39, 0.29) is 6.61 Å². The molecule has 0 aromatic rings. The molecule has 0 amide bonds. The normalized spacial score (nSPS) is 14.1. The van der Waals surface area contributed by atoms with Crippen molar-refractivity contribution in [2.75, 3.05) is 13.2 Å². The van der Waals surface area contributed by atoms with Gasteiger partial charge in [0.1, 0.15) is 6.61 Å². The lowest BCUT2D eigenvalue weighted by molar-refractivity contribution is -0.174. The molecule has 1 unspecified atom stereocenters. The van der Waals surface area contributed by atoms with Gasteiger partial charge >= 0.3 is 6.18 Å². The van der Waals surface area contributed by atoms with Gasteiger partial charge in [-0.15, -0.1) is 0 Å². The van der Waals surface area contributed by atoms with Crippen LogP contribution in [0.1, 0.15) is 19.8 Å². The Morgan fingerprint density at radius 2 is 2.07 bits per heavy atom. The monoisotopic (exact) mass is 211 g/mol. The molecule has 0 aromatic heterocycles. The van der Waals surface area contributed by atoms with Crippen molar-refractivity contribution in [1.29, 1.82) is 0 Å². The number of halogens is 3. The number of nitrogens with two attached hydrogens (primary N) is 1. The summed E-state index contributed by atoms with van der Waals surface area (Å²) in [5.41, 5.74) is 6.45. The molecule has 0 heterocycles. The molecule has 1 atom stereocenters. The van der Waals surface area contributed by atoms with Gasteiger partial charge in [0.2, 0.25) is 0 Å². The number of hydrogen-bond acceptors (Lipinski definition) is 2. The zero-order valence-corrected chi connectivity index (χ0v) is 8.23. The Morgan fingerprint density at radius 3 is 2.50 bits per heavy atom. The molecule has 0 aliphatic rings. The van der Waals surface area contributed by atoms with E-state index in [1.54, 1.807) is 0 Å². The van der Waals surface area contributed by atoms with Crippen LogP contribution in [-0.4, -0.2) is 25.4 Å². The maximum Gasteiger partial charge on any atom is 0.411 e. The SMILES string of the molecule is C=C(CC)CC(N)COCC(F)(F)F. The van der Waals surface area contributed by atoms with E-state index in [1.165, 1.54) is 0 Å². The van der Waals surface area contributed by atoms with Gasteiger partial charge in [-0.2, -0.15) is 13.2 Å². The van der Waals surface area contributed by atoms with Crippen LogP contribution >= 0.6 is 0 Å². The first-order valence-corrected chi connectivity index (χ1v) is 4.42. The summed E-state index contributed by atoms with van der Waals surface area (Å²) in [6.07, 6.45) is -2.98. The Labute approximate surface area is 81.9 Å². The van der Waals surface area contributed by atoms with Gasteiger partial charge in [-0.05, 0) is 12.8 Å². The zero-order valence-electron chi connectivity index (χ0n) is 8.23. The van der Waals surface area contributed by atoms with Crippen LogP contribution in [0.4, 0.5) is 13.2 Å². The molecule has 0 aliphatic heterocycles. The average Bonchev–Trinajstić information content (AvgIpc) is 2.01. The molecule has 0 fully saturated rings. The second-order valence-electron chi connectivity index (χ2n) is 3.20. The largest absolute Gasteiger partial charge is 0.411 e. The smallest absolute Gasteiger partial charge is 0.370 e. The van der Waals surface area contributed by atoms with Gasteiger partial charge < -0.3 is 10.5 Å². The van der Waals surface area contributed by atoms with Crippen molar-refractivity contribution in [3.05, 3.63) is 12.2 Å². The maximum atomic E-state index is 11.7. The predicted octanol–water partition coefficient (Wildman–Crippen LogP) is 2.25. The van der Waals surface area contributed by atoms with Crippen LogP contribution in [0.5, 0.6) is 0 Å². The first kappa shape index (κ1) is 13.4. The van der Waals surface area contributed by atoms with Crippen molar-refractivity contribution in [2.24, 2.45) is 5.73 Å². The lowest BCUT2D eigenvalue weighted by Crippen LogP contribution is -2.29. The Balaban J connectivity index is 3.54. The average molecular weight is 211 g/mol. The third-order valence-corrected chi connectivity index (χ3v) is 1.65. The Bertz CT molecular complexity index is 179. The van der Waals surface area contributed by atoms with E-state index in [1.807, 2.05) is 6.92 Å². The van der Waals surface area contributed by atoms with Gasteiger partial charge in [-0.3, -0.25) is 0 Å². The predicted molar refractivity (Wildman–Crippen MR) is 48.9 cm³/mol. The lowest BCUT2D eigenvalue weighted by Gasteiger charge is -2.13. The third-order valence-electron chi connectivity index (χ3n) is 1.65. The molecule has 2 nitrogen and oxygen atoms in total. The summed E-state index contributed by atoms with van der Waals surface area (Å²) >= 11 is 0. The van der Waals surface area contributed by atoms with Crippen molar-refractivity contribution >= 4 is 0 Å². The van der Waals surface area contributed by atoms with E-state index in [9.17, 15) is 13.2 Å². The van der Waals surface area contributed by atoms with E-state index in [4.69, 9.17) is 5.73 Å². The molecule has 0 radical (unpaired) electrons. The molecule has 0 aliphatic carbocycles. The van der Waals surface area contributed by atoms with Crippen molar-refractivity contribution in [1.82, 2.24) is 0 Å². The number of alkyl halides is 3. The fraction of sp³-hybridized carbons (Fsp3) is 0.778. The van der Waals surface area contributed by atoms with Gasteiger partial charge in [0, 0.05) is 6.04 Å². The standard InChI is InChI=1S/C9H16F3NO/c1-3-7(2)4-8(13)5-14-6-9(10,11)12/h8H,2-6,13H2,1H3. The van der Waals surface area contributed by atoms with Crippen LogP contribution in [0.3, 0.4) is 0 Å². The molecular weight excluding hydrogens is 195 g/mol. The second-order valence-corrected chi connectivity index (χ2v) is 3.20. The van der Waals surface area contributed by atoms with Gasteiger partial charge in [-0.25, -0.2) is 0 Å². The summed E-state index contributed by atoms with van der Waals surface area (Å²) in [5, 5.41) is 0. The molecule has 14 heavy (non-hydrogen) atoms. The highest BCUT2D eigenvalue weighted by atomic mass is 19.4. The number of rotatable bonds is 6. The van der Waals surface area contributed by atoms with Gasteiger partial charge in [-0.1, -0.05) is 19.1 Å². The highest BCUT2D eigenvalue weighted by molar-refractivity contribution is 4.95. The Kier molecular flexibility index (Phi) is 5.79. The highest BCUT2D eigenvalue weighted by Gasteiger charge is 2.27. The van der Waals surface area contributed by atoms with E-state index < -0.39 is 18.8 Å². The minimum atomic E-state index is -4.28. The first-order chi connectivity index (χ1) is 6.35. The minimum Gasteiger partial charge on any atom is -0.370 e. The molecule has 0 saturated heterocycles. The van der Waals surface area contributed by atoms with E-state index in [0.717, 1.165) is 12.0 Å². The topological polar surface area (TPSA) is 35.2 Å². The van der Waals surface area contributed by atoms with Gasteiger partial charge in [0.05, 0.1) is 6.61 Å². The minimum absolute atomic E-state index is 0.0848. The van der Waals surface area contributed by atoms with Crippen LogP contribution in [0.2, 0.25) is 0 Å². The molecule has 0 rings (SSSR count). The van der Waals surface area contributed by atoms with Gasteiger partial charge in [0.15, 0.2) is 0 Å². The van der Waals surface area contributed by atoms with Crippen LogP contribution in [-0.2, 0) is 4.74 Å². The van der Waals surface area contributed by atoms with Crippen LogP contribution in [0.25, 0.3) is 0 Å².